The van der Waals surface area contributed by atoms with Gasteiger partial charge in [0.15, 0.2) is 0 Å². The van der Waals surface area contributed by atoms with E-state index in [1.54, 1.807) is 6.07 Å². The molecule has 0 spiro atoms. The molecule has 1 N–H and O–H groups in total. The van der Waals surface area contributed by atoms with Gasteiger partial charge < -0.3 is 10.0 Å². The molecule has 0 aromatic heterocycles. The van der Waals surface area contributed by atoms with Crippen molar-refractivity contribution in [1.82, 2.24) is 0 Å². The van der Waals surface area contributed by atoms with Crippen LogP contribution < -0.4 is 15.5 Å². The first-order valence-corrected chi connectivity index (χ1v) is 14.6. The third kappa shape index (κ3) is 7.71. The molecule has 2 nitrogen and oxygen atoms in total. The molecule has 0 heterocycles. The molecule has 0 saturated carbocycles. The minimum absolute atomic E-state index is 0.0138. The summed E-state index contributed by atoms with van der Waals surface area (Å²) in [5.74, 6) is 0.114. The molecule has 0 bridgehead atoms. The first-order chi connectivity index (χ1) is 13.2. The van der Waals surface area contributed by atoms with E-state index < -0.39 is 17.0 Å². The molecule has 0 aliphatic carbocycles. The van der Waals surface area contributed by atoms with Crippen LogP contribution in [0.2, 0.25) is 0 Å². The van der Waals surface area contributed by atoms with Gasteiger partial charge in [-0.2, -0.15) is 0 Å². The van der Waals surface area contributed by atoms with Crippen LogP contribution in [0.1, 0.15) is 52.7 Å². The van der Waals surface area contributed by atoms with Crippen molar-refractivity contribution in [3.05, 3.63) is 47.3 Å². The average molecular weight is 494 g/mol. The van der Waals surface area contributed by atoms with Crippen LogP contribution >= 0.6 is 27.2 Å². The van der Waals surface area contributed by atoms with Gasteiger partial charge in [0.25, 0.3) is 0 Å². The molecule has 2 rings (SSSR count). The number of halogens is 3. The molecule has 0 amide bonds. The molecule has 0 aliphatic rings. The second-order valence-electron chi connectivity index (χ2n) is 9.17. The molecule has 0 saturated heterocycles. The zero-order valence-corrected chi connectivity index (χ0v) is 22.5. The topological polar surface area (TPSA) is 23.5 Å². The van der Waals surface area contributed by atoms with Crippen LogP contribution in [0.25, 0.3) is 0 Å². The van der Waals surface area contributed by atoms with Gasteiger partial charge in [-0.1, -0.05) is 56.2 Å². The maximum atomic E-state index is 13.7. The summed E-state index contributed by atoms with van der Waals surface area (Å²) in [6, 6.07) is 9.10. The fraction of sp³-hybridized carbons (Fsp3) is 0.455. The number of nitrogens with zero attached hydrogens (tertiary/aromatic N) is 1. The van der Waals surface area contributed by atoms with Crippen molar-refractivity contribution < 1.29 is 26.5 Å². The second-order valence-corrected chi connectivity index (χ2v) is 13.1. The predicted molar refractivity (Wildman–Crippen MR) is 126 cm³/mol. The van der Waals surface area contributed by atoms with Gasteiger partial charge in [-0.25, -0.2) is 4.39 Å². The van der Waals surface area contributed by atoms with Gasteiger partial charge in [0, 0.05) is 36.0 Å². The molecule has 7 heteroatoms. The Bertz CT molecular complexity index is 833. The summed E-state index contributed by atoms with van der Waals surface area (Å²) in [5, 5.41) is 12.9. The van der Waals surface area contributed by atoms with Crippen LogP contribution in [0, 0.1) is 5.82 Å². The van der Waals surface area contributed by atoms with Gasteiger partial charge in [0.05, 0.1) is 0 Å². The number of rotatable bonds is 3. The fourth-order valence-corrected chi connectivity index (χ4v) is 4.22. The summed E-state index contributed by atoms with van der Waals surface area (Å²) in [4.78, 5) is 1.92. The summed E-state index contributed by atoms with van der Waals surface area (Å²) < 4.78 is 13.7. The molecule has 0 fully saturated rings. The third-order valence-electron chi connectivity index (χ3n) is 4.49. The summed E-state index contributed by atoms with van der Waals surface area (Å²) in [7, 11) is 13.9. The van der Waals surface area contributed by atoms with Crippen molar-refractivity contribution in [3.63, 3.8) is 0 Å². The van der Waals surface area contributed by atoms with Crippen LogP contribution in [0.5, 0.6) is 5.75 Å². The number of aromatic hydroxyl groups is 1. The van der Waals surface area contributed by atoms with Crippen molar-refractivity contribution in [2.45, 2.75) is 52.4 Å². The second kappa shape index (κ2) is 10.8. The van der Waals surface area contributed by atoms with E-state index in [-0.39, 0.29) is 25.2 Å². The average Bonchev–Trinajstić information content (AvgIpc) is 2.56. The normalized spacial score (nSPS) is 12.0. The zero-order chi connectivity index (χ0) is 22.6. The van der Waals surface area contributed by atoms with Gasteiger partial charge in [0.1, 0.15) is 11.6 Å². The van der Waals surface area contributed by atoms with E-state index in [0.717, 1.165) is 21.9 Å². The maximum absolute atomic E-state index is 13.7. The van der Waals surface area contributed by atoms with E-state index >= 15 is 0 Å². The number of anilines is 1. The Kier molecular flexibility index (Phi) is 9.98. The Morgan fingerprint density at radius 2 is 1.48 bits per heavy atom. The molecule has 2 aromatic rings. The summed E-state index contributed by atoms with van der Waals surface area (Å²) in [6.07, 6.45) is 0. The van der Waals surface area contributed by atoms with Crippen LogP contribution in [0.4, 0.5) is 10.1 Å². The van der Waals surface area contributed by atoms with Crippen LogP contribution in [-0.4, -0.2) is 19.2 Å². The van der Waals surface area contributed by atoms with E-state index in [0.29, 0.717) is 5.75 Å². The van der Waals surface area contributed by atoms with Crippen LogP contribution in [0.15, 0.2) is 30.3 Å². The predicted octanol–water partition coefficient (Wildman–Crippen LogP) is 6.20. The Morgan fingerprint density at radius 1 is 0.931 bits per heavy atom. The molecule has 29 heavy (non-hydrogen) atoms. The van der Waals surface area contributed by atoms with Crippen LogP contribution in [-0.2, 0) is 27.9 Å². The van der Waals surface area contributed by atoms with Crippen molar-refractivity contribution >= 4 is 43.5 Å². The molecule has 2 aromatic carbocycles. The van der Waals surface area contributed by atoms with Gasteiger partial charge in [-0.15, -0.1) is 0 Å². The fourth-order valence-electron chi connectivity index (χ4n) is 2.86. The van der Waals surface area contributed by atoms with Gasteiger partial charge in [0.2, 0.25) is 0 Å². The van der Waals surface area contributed by atoms with Gasteiger partial charge in [-0.3, -0.25) is 0 Å². The summed E-state index contributed by atoms with van der Waals surface area (Å²) >= 11 is -0.556. The van der Waals surface area contributed by atoms with Crippen molar-refractivity contribution in [2.24, 2.45) is 0 Å². The molecule has 0 radical (unpaired) electrons. The zero-order valence-electron chi connectivity index (χ0n) is 18.4. The summed E-state index contributed by atoms with van der Waals surface area (Å²) in [5.41, 5.74) is 2.84. The quantitative estimate of drug-likeness (QED) is 0.406. The number of hydrogen-bond acceptors (Lipinski definition) is 2. The first kappa shape index (κ1) is 26.7. The number of benzene rings is 2. The van der Waals surface area contributed by atoms with E-state index in [1.807, 2.05) is 25.1 Å². The molecule has 1 unspecified atom stereocenters. The van der Waals surface area contributed by atoms with E-state index in [4.69, 9.17) is 18.6 Å². The summed E-state index contributed by atoms with van der Waals surface area (Å²) in [6.45, 7) is 12.9. The van der Waals surface area contributed by atoms with Gasteiger partial charge >= 0.3 is 35.6 Å². The molecule has 1 atom stereocenters. The molecule has 160 valence electrons. The SMILES string of the molecule is CN(C)c1cc(F)ccc1Pc1cc(C(C)(C)C)cc(C(C)(C)C)c1O.[Cl][Ti][Cl]. The molecule has 0 aliphatic heterocycles. The molecular formula is C22H31Cl2FNOPTi. The van der Waals surface area contributed by atoms with E-state index in [2.05, 4.69) is 53.7 Å². The Labute approximate surface area is 193 Å². The van der Waals surface area contributed by atoms with Crippen molar-refractivity contribution in [2.75, 3.05) is 19.0 Å². The van der Waals surface area contributed by atoms with E-state index in [1.165, 1.54) is 11.6 Å². The Balaban J connectivity index is 0.00000132. The first-order valence-electron chi connectivity index (χ1n) is 9.30. The number of phenolic OH excluding ortho intramolecular Hbond substituents is 1. The van der Waals surface area contributed by atoms with E-state index in [9.17, 15) is 9.50 Å². The standard InChI is InChI=1S/C22H31FNOP.2ClH.Ti/c1-21(2,3)14-11-16(22(4,5)6)20(25)19(12-14)26-18-10-9-15(23)13-17(18)24(7)8;;;/h9-13,25-26H,1-8H3;2*1H;/q;;;+2/p-2. The van der Waals surface area contributed by atoms with Gasteiger partial charge in [-0.05, 0) is 40.7 Å². The molecular weight excluding hydrogens is 463 g/mol. The monoisotopic (exact) mass is 493 g/mol. The number of hydrogen-bond donors (Lipinski definition) is 1. The van der Waals surface area contributed by atoms with Crippen molar-refractivity contribution in [3.8, 4) is 5.75 Å². The van der Waals surface area contributed by atoms with Crippen molar-refractivity contribution in [1.29, 1.82) is 0 Å². The van der Waals surface area contributed by atoms with Crippen LogP contribution in [0.3, 0.4) is 0 Å². The third-order valence-corrected chi connectivity index (χ3v) is 5.84. The Hall–Kier alpha value is -0.306. The number of phenols is 1. The Morgan fingerprint density at radius 3 is 1.93 bits per heavy atom. The minimum atomic E-state index is -0.556.